The average molecular weight is 221 g/mol. The Balaban J connectivity index is 2.63. The van der Waals surface area contributed by atoms with E-state index in [4.69, 9.17) is 6.42 Å². The molecule has 0 amide bonds. The second-order valence-electron chi connectivity index (χ2n) is 3.65. The molecule has 82 valence electrons. The van der Waals surface area contributed by atoms with Crippen molar-refractivity contribution in [2.24, 2.45) is 0 Å². The summed E-state index contributed by atoms with van der Waals surface area (Å²) in [4.78, 5) is 1.39. The molecule has 0 bridgehead atoms. The molecule has 2 unspecified atom stereocenters. The van der Waals surface area contributed by atoms with E-state index in [0.29, 0.717) is 6.04 Å². The maximum absolute atomic E-state index is 5.47. The summed E-state index contributed by atoms with van der Waals surface area (Å²) in [5.74, 6) is 2.80. The van der Waals surface area contributed by atoms with E-state index in [2.05, 4.69) is 42.6 Å². The van der Waals surface area contributed by atoms with Crippen molar-refractivity contribution >= 4 is 11.3 Å². The molecule has 1 N–H and O–H groups in total. The zero-order valence-corrected chi connectivity index (χ0v) is 10.3. The summed E-state index contributed by atoms with van der Waals surface area (Å²) < 4.78 is 0. The summed E-state index contributed by atoms with van der Waals surface area (Å²) in [5.41, 5.74) is 0. The summed E-state index contributed by atoms with van der Waals surface area (Å²) in [7, 11) is 0. The van der Waals surface area contributed by atoms with Crippen molar-refractivity contribution in [3.05, 3.63) is 22.4 Å². The van der Waals surface area contributed by atoms with Crippen LogP contribution in [0.4, 0.5) is 0 Å². The third-order valence-corrected chi connectivity index (χ3v) is 3.46. The SMILES string of the molecule is C#CC(CC)NC(CCC)c1cccs1. The molecule has 1 aromatic rings. The van der Waals surface area contributed by atoms with E-state index < -0.39 is 0 Å². The van der Waals surface area contributed by atoms with Gasteiger partial charge in [-0.15, -0.1) is 17.8 Å². The van der Waals surface area contributed by atoms with Crippen LogP contribution in [0.2, 0.25) is 0 Å². The first-order valence-corrected chi connectivity index (χ1v) is 6.45. The van der Waals surface area contributed by atoms with Gasteiger partial charge in [0.05, 0.1) is 6.04 Å². The van der Waals surface area contributed by atoms with Crippen molar-refractivity contribution in [1.82, 2.24) is 5.32 Å². The highest BCUT2D eigenvalue weighted by molar-refractivity contribution is 7.10. The second kappa shape index (κ2) is 6.66. The lowest BCUT2D eigenvalue weighted by Crippen LogP contribution is -2.30. The fourth-order valence-electron chi connectivity index (χ4n) is 1.61. The van der Waals surface area contributed by atoms with E-state index in [0.717, 1.165) is 12.8 Å². The van der Waals surface area contributed by atoms with Gasteiger partial charge in [-0.2, -0.15) is 0 Å². The summed E-state index contributed by atoms with van der Waals surface area (Å²) >= 11 is 1.80. The molecule has 0 aliphatic rings. The third-order valence-electron chi connectivity index (χ3n) is 2.48. The Hall–Kier alpha value is -0.780. The second-order valence-corrected chi connectivity index (χ2v) is 4.63. The van der Waals surface area contributed by atoms with Crippen LogP contribution in [0.15, 0.2) is 17.5 Å². The largest absolute Gasteiger partial charge is 0.296 e. The highest BCUT2D eigenvalue weighted by Crippen LogP contribution is 2.23. The third kappa shape index (κ3) is 3.70. The summed E-state index contributed by atoms with van der Waals surface area (Å²) in [6.45, 7) is 4.33. The van der Waals surface area contributed by atoms with Crippen molar-refractivity contribution < 1.29 is 0 Å². The molecule has 0 fully saturated rings. The smallest absolute Gasteiger partial charge is 0.0689 e. The molecule has 0 radical (unpaired) electrons. The quantitative estimate of drug-likeness (QED) is 0.724. The monoisotopic (exact) mass is 221 g/mol. The summed E-state index contributed by atoms with van der Waals surface area (Å²) in [6.07, 6.45) is 8.79. The molecule has 1 rings (SSSR count). The summed E-state index contributed by atoms with van der Waals surface area (Å²) in [6, 6.07) is 4.90. The zero-order chi connectivity index (χ0) is 11.1. The molecule has 2 atom stereocenters. The highest BCUT2D eigenvalue weighted by atomic mass is 32.1. The Bertz CT molecular complexity index is 297. The molecule has 0 aromatic carbocycles. The van der Waals surface area contributed by atoms with E-state index in [1.54, 1.807) is 11.3 Å². The topological polar surface area (TPSA) is 12.0 Å². The maximum Gasteiger partial charge on any atom is 0.0689 e. The van der Waals surface area contributed by atoms with E-state index in [9.17, 15) is 0 Å². The van der Waals surface area contributed by atoms with E-state index >= 15 is 0 Å². The van der Waals surface area contributed by atoms with Crippen LogP contribution in [-0.2, 0) is 0 Å². The molecular formula is C13H19NS. The molecule has 0 spiro atoms. The van der Waals surface area contributed by atoms with Crippen molar-refractivity contribution in [3.8, 4) is 12.3 Å². The van der Waals surface area contributed by atoms with Crippen LogP contribution in [0.25, 0.3) is 0 Å². The van der Waals surface area contributed by atoms with Gasteiger partial charge in [0.15, 0.2) is 0 Å². The van der Waals surface area contributed by atoms with E-state index in [1.807, 2.05) is 0 Å². The van der Waals surface area contributed by atoms with Crippen LogP contribution in [0, 0.1) is 12.3 Å². The lowest BCUT2D eigenvalue weighted by atomic mass is 10.1. The molecule has 1 heterocycles. The maximum atomic E-state index is 5.47. The first-order valence-electron chi connectivity index (χ1n) is 5.57. The van der Waals surface area contributed by atoms with Crippen molar-refractivity contribution in [2.75, 3.05) is 0 Å². The van der Waals surface area contributed by atoms with Crippen LogP contribution in [0.1, 0.15) is 44.0 Å². The number of nitrogens with one attached hydrogen (secondary N) is 1. The number of thiophene rings is 1. The molecule has 15 heavy (non-hydrogen) atoms. The van der Waals surface area contributed by atoms with Gasteiger partial charge in [0, 0.05) is 10.9 Å². The van der Waals surface area contributed by atoms with Gasteiger partial charge in [-0.1, -0.05) is 32.3 Å². The minimum atomic E-state index is 0.198. The van der Waals surface area contributed by atoms with Gasteiger partial charge >= 0.3 is 0 Å². The molecule has 0 aliphatic carbocycles. The predicted octanol–water partition coefficient (Wildman–Crippen LogP) is 3.59. The Morgan fingerprint density at radius 3 is 2.80 bits per heavy atom. The van der Waals surface area contributed by atoms with Crippen molar-refractivity contribution in [2.45, 2.75) is 45.2 Å². The van der Waals surface area contributed by atoms with Gasteiger partial charge in [-0.3, -0.25) is 5.32 Å². The Labute approximate surface area is 96.9 Å². The standard InChI is InChI=1S/C13H19NS/c1-4-8-12(13-9-7-10-15-13)14-11(5-2)6-3/h2,7,9-12,14H,4,6,8H2,1,3H3. The van der Waals surface area contributed by atoms with Gasteiger partial charge in [-0.25, -0.2) is 0 Å². The van der Waals surface area contributed by atoms with Gasteiger partial charge in [0.1, 0.15) is 0 Å². The highest BCUT2D eigenvalue weighted by Gasteiger charge is 2.14. The van der Waals surface area contributed by atoms with Gasteiger partial charge < -0.3 is 0 Å². The number of rotatable bonds is 6. The van der Waals surface area contributed by atoms with E-state index in [1.165, 1.54) is 11.3 Å². The number of hydrogen-bond acceptors (Lipinski definition) is 2. The van der Waals surface area contributed by atoms with Crippen LogP contribution < -0.4 is 5.32 Å². The molecular weight excluding hydrogens is 202 g/mol. The molecule has 0 saturated carbocycles. The van der Waals surface area contributed by atoms with Gasteiger partial charge in [0.25, 0.3) is 0 Å². The van der Waals surface area contributed by atoms with Crippen LogP contribution >= 0.6 is 11.3 Å². The zero-order valence-electron chi connectivity index (χ0n) is 9.49. The minimum absolute atomic E-state index is 0.198. The molecule has 0 saturated heterocycles. The Kier molecular flexibility index (Phi) is 5.45. The van der Waals surface area contributed by atoms with Crippen molar-refractivity contribution in [3.63, 3.8) is 0 Å². The van der Waals surface area contributed by atoms with Gasteiger partial charge in [0.2, 0.25) is 0 Å². The lowest BCUT2D eigenvalue weighted by molar-refractivity contribution is 0.459. The normalized spacial score (nSPS) is 14.5. The molecule has 1 nitrogen and oxygen atoms in total. The Morgan fingerprint density at radius 1 is 1.53 bits per heavy atom. The number of terminal acetylenes is 1. The first-order chi connectivity index (χ1) is 7.31. The predicted molar refractivity (Wildman–Crippen MR) is 68.0 cm³/mol. The number of hydrogen-bond donors (Lipinski definition) is 1. The van der Waals surface area contributed by atoms with Crippen molar-refractivity contribution in [1.29, 1.82) is 0 Å². The fraction of sp³-hybridized carbons (Fsp3) is 0.538. The minimum Gasteiger partial charge on any atom is -0.296 e. The lowest BCUT2D eigenvalue weighted by Gasteiger charge is -2.20. The van der Waals surface area contributed by atoms with Crippen LogP contribution in [0.3, 0.4) is 0 Å². The van der Waals surface area contributed by atoms with Crippen LogP contribution in [-0.4, -0.2) is 6.04 Å². The average Bonchev–Trinajstić information content (AvgIpc) is 2.77. The molecule has 0 aliphatic heterocycles. The van der Waals surface area contributed by atoms with E-state index in [-0.39, 0.29) is 6.04 Å². The molecule has 1 aromatic heterocycles. The first kappa shape index (κ1) is 12.3. The molecule has 2 heteroatoms. The van der Waals surface area contributed by atoms with Crippen LogP contribution in [0.5, 0.6) is 0 Å². The van der Waals surface area contributed by atoms with Gasteiger partial charge in [-0.05, 0) is 24.3 Å². The summed E-state index contributed by atoms with van der Waals surface area (Å²) in [5, 5.41) is 5.65. The Morgan fingerprint density at radius 2 is 2.33 bits per heavy atom. The fourth-order valence-corrected chi connectivity index (χ4v) is 2.43.